The molecule has 6 aromatic rings. The zero-order valence-corrected chi connectivity index (χ0v) is 63.5. The summed E-state index contributed by atoms with van der Waals surface area (Å²) in [6, 6.07) is 22.6. The molecular formula is C80H100N16O14. The van der Waals surface area contributed by atoms with E-state index in [4.69, 9.17) is 30.5 Å². The van der Waals surface area contributed by atoms with Crippen LogP contribution in [0.1, 0.15) is 90.5 Å². The van der Waals surface area contributed by atoms with Crippen molar-refractivity contribution >= 4 is 93.2 Å². The number of aliphatic imine (C=N–C) groups is 2. The van der Waals surface area contributed by atoms with Crippen LogP contribution in [0.5, 0.6) is 11.5 Å². The SMILES string of the molecule is CNC(C)C(=O)NC(C(=O)N1CC2CC1C(=O)NC(Cc1ccc3ccccc3c1)C(=O)NC(C(=O)O)Cc1ccc(cc1)OCC(N=N)C=NC1CC(C(=O)NC(Cc3ccc4ccccc4c3)C(=O)NC(C(=O)O)Cc3ccc(cc3)OCC(N=N)C=N2)N(C(=O)C(NC(=O)C(C)NC)C(C)(C)C)C1)C(C)(C)C. The molecule has 584 valence electrons. The number of likely N-dealkylation sites (N-methyl/N-ethyl adjacent to an activating group) is 2. The molecule has 2 saturated heterocycles. The quantitative estimate of drug-likeness (QED) is 0.0547. The second-order valence-corrected chi connectivity index (χ2v) is 30.4. The van der Waals surface area contributed by atoms with Gasteiger partial charge in [-0.1, -0.05) is 151 Å². The zero-order valence-electron chi connectivity index (χ0n) is 63.5. The van der Waals surface area contributed by atoms with E-state index >= 15 is 19.2 Å². The summed E-state index contributed by atoms with van der Waals surface area (Å²) in [7, 11) is 3.19. The van der Waals surface area contributed by atoms with Gasteiger partial charge in [0, 0.05) is 64.0 Å². The van der Waals surface area contributed by atoms with Crippen LogP contribution in [0.25, 0.3) is 21.5 Å². The number of fused-ring (bicyclic) bond motifs is 2. The summed E-state index contributed by atoms with van der Waals surface area (Å²) >= 11 is 0. The summed E-state index contributed by atoms with van der Waals surface area (Å²) in [5, 5.41) is 54.9. The predicted molar refractivity (Wildman–Crippen MR) is 412 cm³/mol. The molecule has 6 aromatic carbocycles. The molecule has 12 rings (SSSR count). The maximum Gasteiger partial charge on any atom is 0.326 e. The Balaban J connectivity index is 1.06. The maximum absolute atomic E-state index is 15.2. The first kappa shape index (κ1) is 82.7. The smallest absolute Gasteiger partial charge is 0.326 e. The number of nitrogens with one attached hydrogen (secondary N) is 10. The molecule has 0 aliphatic carbocycles. The molecule has 8 bridgehead atoms. The Kier molecular flexibility index (Phi) is 27.9. The lowest BCUT2D eigenvalue weighted by Gasteiger charge is -2.36. The van der Waals surface area contributed by atoms with Crippen LogP contribution < -0.4 is 52.0 Å². The van der Waals surface area contributed by atoms with Gasteiger partial charge in [-0.05, 0) is 107 Å². The van der Waals surface area contributed by atoms with Crippen molar-refractivity contribution in [2.45, 2.75) is 179 Å². The first-order chi connectivity index (χ1) is 52.3. The highest BCUT2D eigenvalue weighted by molar-refractivity contribution is 5.99. The molecular weight excluding hydrogens is 1410 g/mol. The molecule has 0 spiro atoms. The minimum Gasteiger partial charge on any atom is -0.491 e. The molecule has 0 saturated carbocycles. The Hall–Kier alpha value is -11.4. The summed E-state index contributed by atoms with van der Waals surface area (Å²) in [6.45, 7) is 13.0. The fraction of sp³-hybridized carbons (Fsp3) is 0.450. The number of hydrogen-bond acceptors (Lipinski definition) is 20. The first-order valence-corrected chi connectivity index (χ1v) is 36.7. The average molecular weight is 1510 g/mol. The molecule has 2 fully saturated rings. The first-order valence-electron chi connectivity index (χ1n) is 36.7. The van der Waals surface area contributed by atoms with Crippen LogP contribution in [-0.2, 0) is 73.6 Å². The highest BCUT2D eigenvalue weighted by Crippen LogP contribution is 2.31. The van der Waals surface area contributed by atoms with Crippen molar-refractivity contribution < 1.29 is 67.6 Å². The van der Waals surface area contributed by atoms with E-state index in [2.05, 4.69) is 52.8 Å². The summed E-state index contributed by atoms with van der Waals surface area (Å²) in [4.78, 5) is 156. The average Bonchev–Trinajstić information content (AvgIpc) is 1.60. The van der Waals surface area contributed by atoms with Crippen LogP contribution in [0.2, 0.25) is 0 Å². The molecule has 6 aliphatic rings. The van der Waals surface area contributed by atoms with Crippen LogP contribution >= 0.6 is 0 Å². The highest BCUT2D eigenvalue weighted by Gasteiger charge is 2.48. The third-order valence-corrected chi connectivity index (χ3v) is 20.0. The topological polar surface area (TPSA) is 429 Å². The van der Waals surface area contributed by atoms with Crippen molar-refractivity contribution in [1.82, 2.24) is 52.3 Å². The summed E-state index contributed by atoms with van der Waals surface area (Å²) in [5.41, 5.74) is 16.6. The predicted octanol–water partition coefficient (Wildman–Crippen LogP) is 5.30. The molecule has 30 heteroatoms. The standard InChI is InChI=1S/C80H100N16O14/c1-45(83-9)69(97)91-67(79(3,4)5)75(103)95-41-55-37-65(95)73(101)87-61(35-49-19-25-51-15-11-13-17-53(51)31-49)71(99)89-63(77(105)106)33-47-23-29-60(30-24-47)110-44-58(94-82)40-86-56-38-66(96(42-56)76(104)68(80(6,7)8)92-70(98)46(2)84-10)74(102)88-62(36-50-20-26-52-16-12-14-18-54(52)32-50)72(100)90-64(78(107)108)34-48-21-27-59(28-22-48)109-43-57(93-81)39-85-55/h11-32,39-40,45-46,55-58,61-68,81-84H,33-38,41-44H2,1-10H3,(H,87,101)(H,88,102)(H,89,99)(H,90,100)(H,91,97)(H,92,98)(H,105,106)(H,107,108). The molecule has 110 heavy (non-hydrogen) atoms. The van der Waals surface area contributed by atoms with Gasteiger partial charge in [0.15, 0.2) is 0 Å². The van der Waals surface area contributed by atoms with Gasteiger partial charge < -0.3 is 72.0 Å². The van der Waals surface area contributed by atoms with Crippen molar-refractivity contribution in [3.05, 3.63) is 156 Å². The van der Waals surface area contributed by atoms with Crippen LogP contribution in [0.3, 0.4) is 0 Å². The van der Waals surface area contributed by atoms with Crippen molar-refractivity contribution in [2.75, 3.05) is 40.4 Å². The molecule has 6 heterocycles. The number of benzene rings is 6. The Morgan fingerprint density at radius 2 is 0.873 bits per heavy atom. The van der Waals surface area contributed by atoms with E-state index < -0.39 is 155 Å². The Bertz CT molecular complexity index is 4130. The van der Waals surface area contributed by atoms with Gasteiger partial charge in [0.2, 0.25) is 47.3 Å². The van der Waals surface area contributed by atoms with Crippen LogP contribution in [0.4, 0.5) is 0 Å². The summed E-state index contributed by atoms with van der Waals surface area (Å²) in [5.74, 6) is -7.69. The molecule has 0 aromatic heterocycles. The molecule has 14 unspecified atom stereocenters. The zero-order chi connectivity index (χ0) is 79.7. The van der Waals surface area contributed by atoms with Crippen LogP contribution in [0.15, 0.2) is 154 Å². The van der Waals surface area contributed by atoms with Crippen LogP contribution in [-0.4, -0.2) is 217 Å². The second-order valence-electron chi connectivity index (χ2n) is 30.4. The van der Waals surface area contributed by atoms with E-state index in [1.54, 1.807) is 130 Å². The van der Waals surface area contributed by atoms with Crippen LogP contribution in [0, 0.1) is 21.9 Å². The Labute approximate surface area is 638 Å². The monoisotopic (exact) mass is 1510 g/mol. The lowest BCUT2D eigenvalue weighted by atomic mass is 9.85. The third-order valence-electron chi connectivity index (χ3n) is 20.0. The van der Waals surface area contributed by atoms with Gasteiger partial charge in [0.25, 0.3) is 0 Å². The molecule has 0 radical (unpaired) electrons. The number of amides is 8. The number of rotatable bonds is 16. The van der Waals surface area contributed by atoms with E-state index in [9.17, 15) is 39.0 Å². The second kappa shape index (κ2) is 37.1. The third kappa shape index (κ3) is 21.9. The van der Waals surface area contributed by atoms with Crippen molar-refractivity contribution in [3.8, 4) is 11.5 Å². The van der Waals surface area contributed by atoms with Gasteiger partial charge in [0.05, 0.1) is 24.2 Å². The van der Waals surface area contributed by atoms with E-state index in [1.165, 1.54) is 22.2 Å². The lowest BCUT2D eigenvalue weighted by Crippen LogP contribution is -2.60. The number of nitrogens with zero attached hydrogens (tertiary/aromatic N) is 6. The van der Waals surface area contributed by atoms with Gasteiger partial charge in [-0.15, -0.1) is 0 Å². The Morgan fingerprint density at radius 1 is 0.518 bits per heavy atom. The number of carboxylic acids is 2. The minimum absolute atomic E-state index is 0.107. The fourth-order valence-electron chi connectivity index (χ4n) is 13.3. The number of aliphatic carboxylic acids is 2. The van der Waals surface area contributed by atoms with Gasteiger partial charge >= 0.3 is 11.9 Å². The van der Waals surface area contributed by atoms with Crippen molar-refractivity contribution in [1.29, 1.82) is 11.1 Å². The minimum atomic E-state index is -1.55. The molecule has 14 atom stereocenters. The normalized spacial score (nSPS) is 23.3. The Morgan fingerprint density at radius 3 is 1.20 bits per heavy atom. The number of hydrogen-bond donors (Lipinski definition) is 12. The summed E-state index contributed by atoms with van der Waals surface area (Å²) < 4.78 is 12.2. The fourth-order valence-corrected chi connectivity index (χ4v) is 13.3. The number of carbonyl (C=O) groups excluding carboxylic acids is 8. The van der Waals surface area contributed by atoms with E-state index in [-0.39, 0.29) is 76.3 Å². The van der Waals surface area contributed by atoms with Crippen molar-refractivity contribution in [2.24, 2.45) is 31.0 Å². The van der Waals surface area contributed by atoms with Gasteiger partial charge in [-0.2, -0.15) is 10.2 Å². The molecule has 12 N–H and O–H groups in total. The van der Waals surface area contributed by atoms with E-state index in [0.717, 1.165) is 21.5 Å². The number of ether oxygens (including phenoxy) is 2. The highest BCUT2D eigenvalue weighted by atomic mass is 16.5. The molecule has 30 nitrogen and oxygen atoms in total. The largest absolute Gasteiger partial charge is 0.491 e. The lowest BCUT2D eigenvalue weighted by molar-refractivity contribution is -0.145. The molecule has 8 amide bonds. The van der Waals surface area contributed by atoms with Gasteiger partial charge in [0.1, 0.15) is 85.1 Å². The van der Waals surface area contributed by atoms with E-state index in [0.29, 0.717) is 22.3 Å². The van der Waals surface area contributed by atoms with Crippen molar-refractivity contribution in [3.63, 3.8) is 0 Å². The van der Waals surface area contributed by atoms with E-state index in [1.807, 2.05) is 72.8 Å². The maximum atomic E-state index is 15.2. The number of carbonyl (C=O) groups is 10. The number of carboxylic acid groups (broad SMARTS) is 2. The number of likely N-dealkylation sites (tertiary alicyclic amines) is 2. The molecule has 6 aliphatic heterocycles. The van der Waals surface area contributed by atoms with Gasteiger partial charge in [-0.3, -0.25) is 48.3 Å². The van der Waals surface area contributed by atoms with Gasteiger partial charge in [-0.25, -0.2) is 20.7 Å². The summed E-state index contributed by atoms with van der Waals surface area (Å²) in [6.07, 6.45) is 1.78.